The molecule has 2 unspecified atom stereocenters. The van der Waals surface area contributed by atoms with E-state index in [1.54, 1.807) is 29.4 Å². The molecule has 2 bridgehead atoms. The van der Waals surface area contributed by atoms with Gasteiger partial charge in [0.15, 0.2) is 17.7 Å². The predicted octanol–water partition coefficient (Wildman–Crippen LogP) is 1.45. The number of anilines is 1. The van der Waals surface area contributed by atoms with Crippen molar-refractivity contribution in [2.24, 2.45) is 0 Å². The van der Waals surface area contributed by atoms with E-state index in [1.165, 1.54) is 11.4 Å². The van der Waals surface area contributed by atoms with Crippen molar-refractivity contribution in [3.63, 3.8) is 0 Å². The molecular formula is C25H31N7O4. The Morgan fingerprint density at radius 1 is 1.19 bits per heavy atom. The number of carbonyl (C=O) groups excluding carboxylic acids is 3. The zero-order valence-corrected chi connectivity index (χ0v) is 20.6. The van der Waals surface area contributed by atoms with Crippen molar-refractivity contribution in [1.29, 1.82) is 0 Å². The van der Waals surface area contributed by atoms with Crippen LogP contribution in [-0.4, -0.2) is 80.4 Å². The highest BCUT2D eigenvalue weighted by Crippen LogP contribution is 2.44. The smallest absolute Gasteiger partial charge is 0.248 e. The van der Waals surface area contributed by atoms with Crippen molar-refractivity contribution in [1.82, 2.24) is 29.8 Å². The lowest BCUT2D eigenvalue weighted by Crippen LogP contribution is -2.47. The maximum Gasteiger partial charge on any atom is 0.248 e. The molecule has 0 spiro atoms. The van der Waals surface area contributed by atoms with Crippen molar-refractivity contribution in [3.05, 3.63) is 41.5 Å². The number of ketones is 1. The highest BCUT2D eigenvalue weighted by molar-refractivity contribution is 6.00. The highest BCUT2D eigenvalue weighted by Gasteiger charge is 2.44. The number of piperidine rings is 1. The Kier molecular flexibility index (Phi) is 7.41. The molecule has 11 heteroatoms. The summed E-state index contributed by atoms with van der Waals surface area (Å²) in [6.07, 6.45) is 6.93. The van der Waals surface area contributed by atoms with Gasteiger partial charge in [0.25, 0.3) is 0 Å². The second kappa shape index (κ2) is 10.5. The van der Waals surface area contributed by atoms with Gasteiger partial charge in [-0.05, 0) is 52.8 Å². The fourth-order valence-electron chi connectivity index (χ4n) is 5.42. The van der Waals surface area contributed by atoms with Crippen LogP contribution in [0.25, 0.3) is 16.8 Å². The van der Waals surface area contributed by atoms with Gasteiger partial charge in [-0.15, -0.1) is 0 Å². The van der Waals surface area contributed by atoms with Crippen LogP contribution < -0.4 is 11.1 Å². The summed E-state index contributed by atoms with van der Waals surface area (Å²) in [5.74, 6) is -0.255. The molecule has 2 atom stereocenters. The number of amides is 1. The van der Waals surface area contributed by atoms with E-state index >= 15 is 0 Å². The molecule has 1 amide bonds. The van der Waals surface area contributed by atoms with Crippen LogP contribution in [-0.2, 0) is 4.79 Å². The average Bonchev–Trinajstić information content (AvgIpc) is 3.42. The number of nitrogens with one attached hydrogen (secondary N) is 1. The minimum absolute atomic E-state index is 0.0110. The number of Topliss-reactive ketones (excluding diaryl/α,β-unsaturated/α-hetero) is 1. The van der Waals surface area contributed by atoms with Gasteiger partial charge in [-0.25, -0.2) is 4.98 Å². The van der Waals surface area contributed by atoms with E-state index in [4.69, 9.17) is 10.7 Å². The van der Waals surface area contributed by atoms with Crippen LogP contribution >= 0.6 is 0 Å². The van der Waals surface area contributed by atoms with Gasteiger partial charge in [-0.2, -0.15) is 9.61 Å². The molecule has 0 saturated carbocycles. The summed E-state index contributed by atoms with van der Waals surface area (Å²) in [4.78, 5) is 46.6. The van der Waals surface area contributed by atoms with Crippen molar-refractivity contribution < 1.29 is 19.5 Å². The molecule has 2 aliphatic rings. The van der Waals surface area contributed by atoms with Crippen LogP contribution in [0.5, 0.6) is 0 Å². The predicted molar refractivity (Wildman–Crippen MR) is 134 cm³/mol. The van der Waals surface area contributed by atoms with E-state index in [-0.39, 0.29) is 35.5 Å². The maximum atomic E-state index is 12.6. The van der Waals surface area contributed by atoms with Crippen molar-refractivity contribution in [2.45, 2.75) is 50.6 Å². The molecule has 0 aliphatic carbocycles. The van der Waals surface area contributed by atoms with E-state index in [9.17, 15) is 19.5 Å². The van der Waals surface area contributed by atoms with Crippen LogP contribution in [0.15, 0.2) is 24.5 Å². The molecule has 0 aromatic carbocycles. The zero-order valence-electron chi connectivity index (χ0n) is 20.6. The highest BCUT2D eigenvalue weighted by atomic mass is 16.3. The first-order valence-electron chi connectivity index (χ1n) is 11.9. The van der Waals surface area contributed by atoms with Crippen molar-refractivity contribution >= 4 is 29.4 Å². The number of aldehydes is 1. The number of rotatable bonds is 5. The maximum absolute atomic E-state index is 12.6. The van der Waals surface area contributed by atoms with E-state index in [2.05, 4.69) is 15.4 Å². The largest absolute Gasteiger partial charge is 0.387 e. The van der Waals surface area contributed by atoms with Gasteiger partial charge in [0.05, 0.1) is 17.5 Å². The quantitative estimate of drug-likeness (QED) is 0.354. The molecule has 190 valence electrons. The molecule has 3 aromatic rings. The first-order valence-corrected chi connectivity index (χ1v) is 11.9. The number of fused-ring (bicyclic) bond motifs is 3. The number of hydrogen-bond donors (Lipinski definition) is 3. The third-order valence-electron chi connectivity index (χ3n) is 6.82. The third-order valence-corrected chi connectivity index (χ3v) is 6.82. The van der Waals surface area contributed by atoms with Gasteiger partial charge in [0.2, 0.25) is 5.91 Å². The first-order chi connectivity index (χ1) is 17.3. The van der Waals surface area contributed by atoms with Crippen LogP contribution in [0.4, 0.5) is 5.82 Å². The Bertz CT molecular complexity index is 1270. The molecular weight excluding hydrogens is 462 g/mol. The molecule has 4 N–H and O–H groups in total. The molecule has 2 saturated heterocycles. The topological polar surface area (TPSA) is 156 Å². The SMILES string of the molecule is CC(=O)c1c(C2CC3CCC(C2)N3C(=O)CO)nc2c(-c3ccc(C=O)nc3)cnn2c1N.CNC. The second-order valence-corrected chi connectivity index (χ2v) is 9.21. The van der Waals surface area contributed by atoms with Crippen molar-refractivity contribution in [3.8, 4) is 11.1 Å². The Morgan fingerprint density at radius 2 is 1.86 bits per heavy atom. The summed E-state index contributed by atoms with van der Waals surface area (Å²) in [6, 6.07) is 3.41. The van der Waals surface area contributed by atoms with Gasteiger partial charge in [-0.3, -0.25) is 19.4 Å². The van der Waals surface area contributed by atoms with Gasteiger partial charge in [0.1, 0.15) is 18.1 Å². The van der Waals surface area contributed by atoms with Crippen molar-refractivity contribution in [2.75, 3.05) is 26.4 Å². The van der Waals surface area contributed by atoms with Gasteiger partial charge in [-0.1, -0.05) is 6.07 Å². The summed E-state index contributed by atoms with van der Waals surface area (Å²) in [5, 5.41) is 16.5. The summed E-state index contributed by atoms with van der Waals surface area (Å²) >= 11 is 0. The number of nitrogen functional groups attached to an aromatic ring is 1. The molecule has 11 nitrogen and oxygen atoms in total. The lowest BCUT2D eigenvalue weighted by molar-refractivity contribution is -0.138. The molecule has 36 heavy (non-hydrogen) atoms. The second-order valence-electron chi connectivity index (χ2n) is 9.21. The summed E-state index contributed by atoms with van der Waals surface area (Å²) in [6.45, 7) is 0.970. The van der Waals surface area contributed by atoms with Crippen LogP contribution in [0, 0.1) is 0 Å². The Morgan fingerprint density at radius 3 is 2.39 bits per heavy atom. The average molecular weight is 494 g/mol. The molecule has 3 aromatic heterocycles. The minimum Gasteiger partial charge on any atom is -0.387 e. The van der Waals surface area contributed by atoms with E-state index in [0.29, 0.717) is 47.3 Å². The Labute approximate surface area is 208 Å². The van der Waals surface area contributed by atoms with Gasteiger partial charge < -0.3 is 21.1 Å². The van der Waals surface area contributed by atoms with Crippen LogP contribution in [0.2, 0.25) is 0 Å². The van der Waals surface area contributed by atoms with Gasteiger partial charge in [0, 0.05) is 35.3 Å². The third kappa shape index (κ3) is 4.47. The zero-order chi connectivity index (χ0) is 26.0. The number of aliphatic hydroxyl groups excluding tert-OH is 1. The Balaban J connectivity index is 0.000000967. The number of aromatic nitrogens is 4. The molecule has 2 aliphatic heterocycles. The van der Waals surface area contributed by atoms with E-state index < -0.39 is 6.61 Å². The number of nitrogens with two attached hydrogens (primary N) is 1. The molecule has 5 rings (SSSR count). The number of aliphatic hydroxyl groups is 1. The standard InChI is InChI=1S/C23H24N6O4.C2H7N/c1-12(32)20-21(14-6-16-4-5-17(7-14)28(16)19(33)11-31)27-23-18(9-26-29(23)22(20)24)13-2-3-15(10-30)25-8-13;1-3-2/h2-3,8-10,14,16-17,31H,4-7,11,24H2,1H3;3H,1-2H3. The molecule has 0 radical (unpaired) electrons. The lowest BCUT2D eigenvalue weighted by atomic mass is 9.85. The fraction of sp³-hybridized carbons (Fsp3) is 0.440. The lowest BCUT2D eigenvalue weighted by Gasteiger charge is -2.39. The van der Waals surface area contributed by atoms with E-state index in [1.807, 2.05) is 14.1 Å². The van der Waals surface area contributed by atoms with E-state index in [0.717, 1.165) is 18.4 Å². The van der Waals surface area contributed by atoms with Crippen LogP contribution in [0.1, 0.15) is 65.1 Å². The van der Waals surface area contributed by atoms with Crippen LogP contribution in [0.3, 0.4) is 0 Å². The monoisotopic (exact) mass is 493 g/mol. The molecule has 5 heterocycles. The fourth-order valence-corrected chi connectivity index (χ4v) is 5.42. The minimum atomic E-state index is -0.496. The molecule has 2 fully saturated rings. The summed E-state index contributed by atoms with van der Waals surface area (Å²) < 4.78 is 1.46. The Hall–Kier alpha value is -3.70. The van der Waals surface area contributed by atoms with Gasteiger partial charge >= 0.3 is 0 Å². The number of nitrogens with zero attached hydrogens (tertiary/aromatic N) is 5. The first kappa shape index (κ1) is 25.4. The normalized spacial score (nSPS) is 20.7. The number of carbonyl (C=O) groups is 3. The summed E-state index contributed by atoms with van der Waals surface area (Å²) in [5.41, 5.74) is 9.66. The summed E-state index contributed by atoms with van der Waals surface area (Å²) in [7, 11) is 3.75. The number of pyridine rings is 1. The number of hydrogen-bond acceptors (Lipinski definition) is 9.